The van der Waals surface area contributed by atoms with Crippen molar-refractivity contribution in [3.8, 4) is 11.5 Å². The lowest BCUT2D eigenvalue weighted by molar-refractivity contribution is 0.101. The monoisotopic (exact) mass is 423 g/mol. The molecule has 3 rings (SSSR count). The summed E-state index contributed by atoms with van der Waals surface area (Å²) >= 11 is 0. The van der Waals surface area contributed by atoms with E-state index in [1.807, 2.05) is 23.9 Å². The molecule has 0 aliphatic carbocycles. The standard InChI is InChI=1S/C23H29N5O3/c1-3-7-20-21(12-11-19(17(2)29)23(20)30)31-15-6-10-22-25-26-27-28(22)14-5-9-18-8-4-13-24-16-18/h4,8,11-13,16,30H,3,5-7,9-10,14-15H2,1-2H3. The maximum absolute atomic E-state index is 11.7. The second-order valence-electron chi connectivity index (χ2n) is 7.48. The Morgan fingerprint density at radius 2 is 2.03 bits per heavy atom. The predicted octanol–water partition coefficient (Wildman–Crippen LogP) is 3.57. The van der Waals surface area contributed by atoms with Crippen LogP contribution in [0.5, 0.6) is 11.5 Å². The summed E-state index contributed by atoms with van der Waals surface area (Å²) in [7, 11) is 0. The molecular formula is C23H29N5O3. The van der Waals surface area contributed by atoms with Crippen LogP contribution < -0.4 is 4.74 Å². The molecule has 0 unspecified atom stereocenters. The van der Waals surface area contributed by atoms with Crippen molar-refractivity contribution in [3.05, 3.63) is 59.2 Å². The first kappa shape index (κ1) is 22.4. The highest BCUT2D eigenvalue weighted by atomic mass is 16.5. The Labute approximate surface area is 182 Å². The van der Waals surface area contributed by atoms with Crippen molar-refractivity contribution in [2.24, 2.45) is 0 Å². The number of aromatic nitrogens is 5. The average Bonchev–Trinajstić information content (AvgIpc) is 3.21. The minimum Gasteiger partial charge on any atom is -0.507 e. The molecule has 0 aliphatic rings. The largest absolute Gasteiger partial charge is 0.507 e. The van der Waals surface area contributed by atoms with E-state index in [2.05, 4.69) is 26.6 Å². The molecule has 1 aromatic carbocycles. The van der Waals surface area contributed by atoms with Crippen LogP contribution in [0.1, 0.15) is 60.4 Å². The third kappa shape index (κ3) is 6.10. The number of pyridine rings is 1. The van der Waals surface area contributed by atoms with E-state index in [1.165, 1.54) is 12.5 Å². The van der Waals surface area contributed by atoms with Gasteiger partial charge in [-0.25, -0.2) is 4.68 Å². The molecule has 0 bridgehead atoms. The van der Waals surface area contributed by atoms with Crippen molar-refractivity contribution in [2.75, 3.05) is 6.61 Å². The van der Waals surface area contributed by atoms with Crippen LogP contribution in [0.15, 0.2) is 36.7 Å². The number of tetrazole rings is 1. The fraction of sp³-hybridized carbons (Fsp3) is 0.435. The highest BCUT2D eigenvalue weighted by molar-refractivity contribution is 5.97. The zero-order chi connectivity index (χ0) is 22.1. The van der Waals surface area contributed by atoms with E-state index in [9.17, 15) is 9.90 Å². The van der Waals surface area contributed by atoms with Gasteiger partial charge in [-0.3, -0.25) is 9.78 Å². The van der Waals surface area contributed by atoms with Crippen LogP contribution in [0.3, 0.4) is 0 Å². The fourth-order valence-electron chi connectivity index (χ4n) is 3.50. The molecule has 164 valence electrons. The van der Waals surface area contributed by atoms with Gasteiger partial charge in [-0.05, 0) is 66.8 Å². The summed E-state index contributed by atoms with van der Waals surface area (Å²) in [5.74, 6) is 1.33. The summed E-state index contributed by atoms with van der Waals surface area (Å²) in [6.07, 6.45) is 8.44. The molecular weight excluding hydrogens is 394 g/mol. The third-order valence-corrected chi connectivity index (χ3v) is 5.09. The number of phenolic OH excluding ortho intramolecular Hbond substituents is 1. The van der Waals surface area contributed by atoms with Gasteiger partial charge < -0.3 is 9.84 Å². The SMILES string of the molecule is CCCc1c(OCCCc2nnnn2CCCc2cccnc2)ccc(C(C)=O)c1O. The molecule has 0 radical (unpaired) electrons. The number of rotatable bonds is 12. The van der Waals surface area contributed by atoms with E-state index in [0.29, 0.717) is 36.3 Å². The second kappa shape index (κ2) is 11.2. The second-order valence-corrected chi connectivity index (χ2v) is 7.48. The van der Waals surface area contributed by atoms with Gasteiger partial charge in [0.15, 0.2) is 11.6 Å². The van der Waals surface area contributed by atoms with Crippen molar-refractivity contribution >= 4 is 5.78 Å². The lowest BCUT2D eigenvalue weighted by Gasteiger charge is -2.14. The number of nitrogens with zero attached hydrogens (tertiary/aromatic N) is 5. The maximum Gasteiger partial charge on any atom is 0.163 e. The lowest BCUT2D eigenvalue weighted by Crippen LogP contribution is -2.09. The van der Waals surface area contributed by atoms with Crippen molar-refractivity contribution < 1.29 is 14.6 Å². The molecule has 31 heavy (non-hydrogen) atoms. The normalized spacial score (nSPS) is 10.9. The molecule has 8 nitrogen and oxygen atoms in total. The van der Waals surface area contributed by atoms with Gasteiger partial charge in [0.2, 0.25) is 0 Å². The van der Waals surface area contributed by atoms with E-state index in [0.717, 1.165) is 38.1 Å². The summed E-state index contributed by atoms with van der Waals surface area (Å²) in [5, 5.41) is 22.5. The molecule has 0 spiro atoms. The highest BCUT2D eigenvalue weighted by Gasteiger charge is 2.16. The minimum absolute atomic E-state index is 0.0319. The van der Waals surface area contributed by atoms with Crippen LogP contribution in [-0.2, 0) is 25.8 Å². The molecule has 0 aliphatic heterocycles. The number of carbonyl (C=O) groups excluding carboxylic acids is 1. The van der Waals surface area contributed by atoms with Crippen molar-refractivity contribution in [1.82, 2.24) is 25.2 Å². The highest BCUT2D eigenvalue weighted by Crippen LogP contribution is 2.33. The molecule has 0 amide bonds. The minimum atomic E-state index is -0.156. The van der Waals surface area contributed by atoms with Gasteiger partial charge in [-0.15, -0.1) is 5.10 Å². The number of hydrogen-bond donors (Lipinski definition) is 1. The first-order valence-corrected chi connectivity index (χ1v) is 10.7. The van der Waals surface area contributed by atoms with Crippen molar-refractivity contribution in [1.29, 1.82) is 0 Å². The summed E-state index contributed by atoms with van der Waals surface area (Å²) in [5.41, 5.74) is 2.23. The number of aromatic hydroxyl groups is 1. The molecule has 2 heterocycles. The average molecular weight is 424 g/mol. The Bertz CT molecular complexity index is 988. The number of Topliss-reactive ketones (excluding diaryl/α,β-unsaturated/α-hetero) is 1. The van der Waals surface area contributed by atoms with Gasteiger partial charge in [0, 0.05) is 30.9 Å². The third-order valence-electron chi connectivity index (χ3n) is 5.09. The Kier molecular flexibility index (Phi) is 8.09. The predicted molar refractivity (Wildman–Crippen MR) is 116 cm³/mol. The van der Waals surface area contributed by atoms with Crippen LogP contribution in [0.4, 0.5) is 0 Å². The van der Waals surface area contributed by atoms with Crippen LogP contribution in [-0.4, -0.2) is 42.7 Å². The maximum atomic E-state index is 11.7. The molecule has 3 aromatic rings. The first-order valence-electron chi connectivity index (χ1n) is 10.7. The van der Waals surface area contributed by atoms with E-state index in [4.69, 9.17) is 4.74 Å². The Morgan fingerprint density at radius 1 is 1.16 bits per heavy atom. The van der Waals surface area contributed by atoms with Gasteiger partial charge in [-0.2, -0.15) is 0 Å². The Morgan fingerprint density at radius 3 is 2.77 bits per heavy atom. The van der Waals surface area contributed by atoms with Gasteiger partial charge in [0.05, 0.1) is 12.2 Å². The van der Waals surface area contributed by atoms with Crippen LogP contribution >= 0.6 is 0 Å². The molecule has 0 saturated heterocycles. The number of ether oxygens (including phenoxy) is 1. The first-order chi connectivity index (χ1) is 15.1. The Hall–Kier alpha value is -3.29. The van der Waals surface area contributed by atoms with E-state index in [-0.39, 0.29) is 11.5 Å². The van der Waals surface area contributed by atoms with Gasteiger partial charge in [0.25, 0.3) is 0 Å². The van der Waals surface area contributed by atoms with Crippen molar-refractivity contribution in [2.45, 2.75) is 58.9 Å². The number of carbonyl (C=O) groups is 1. The summed E-state index contributed by atoms with van der Waals surface area (Å²) in [4.78, 5) is 15.8. The summed E-state index contributed by atoms with van der Waals surface area (Å²) in [6.45, 7) is 4.70. The number of ketones is 1. The zero-order valence-electron chi connectivity index (χ0n) is 18.1. The molecule has 0 atom stereocenters. The van der Waals surface area contributed by atoms with Crippen LogP contribution in [0.2, 0.25) is 0 Å². The van der Waals surface area contributed by atoms with Gasteiger partial charge in [0.1, 0.15) is 11.5 Å². The van der Waals surface area contributed by atoms with E-state index < -0.39 is 0 Å². The fourth-order valence-corrected chi connectivity index (χ4v) is 3.50. The summed E-state index contributed by atoms with van der Waals surface area (Å²) < 4.78 is 7.77. The smallest absolute Gasteiger partial charge is 0.163 e. The van der Waals surface area contributed by atoms with E-state index >= 15 is 0 Å². The van der Waals surface area contributed by atoms with Crippen LogP contribution in [0.25, 0.3) is 0 Å². The molecule has 0 fully saturated rings. The zero-order valence-corrected chi connectivity index (χ0v) is 18.1. The molecule has 8 heteroatoms. The molecule has 2 aromatic heterocycles. The van der Waals surface area contributed by atoms with Crippen LogP contribution in [0, 0.1) is 0 Å². The number of phenols is 1. The molecule has 1 N–H and O–H groups in total. The van der Waals surface area contributed by atoms with Crippen molar-refractivity contribution in [3.63, 3.8) is 0 Å². The number of benzene rings is 1. The Balaban J connectivity index is 1.51. The van der Waals surface area contributed by atoms with E-state index in [1.54, 1.807) is 18.3 Å². The molecule has 0 saturated carbocycles. The van der Waals surface area contributed by atoms with Gasteiger partial charge in [-0.1, -0.05) is 19.4 Å². The topological polar surface area (TPSA) is 103 Å². The lowest BCUT2D eigenvalue weighted by atomic mass is 10.0. The number of hydrogen-bond acceptors (Lipinski definition) is 7. The quantitative estimate of drug-likeness (QED) is 0.351. The van der Waals surface area contributed by atoms with Gasteiger partial charge >= 0.3 is 0 Å². The number of aryl methyl sites for hydroxylation is 3. The summed E-state index contributed by atoms with van der Waals surface area (Å²) in [6, 6.07) is 7.40.